The fourth-order valence-electron chi connectivity index (χ4n) is 1.89. The molecule has 108 valence electrons. The summed E-state index contributed by atoms with van der Waals surface area (Å²) < 4.78 is 28.7. The molecule has 0 aliphatic carbocycles. The molecule has 6 nitrogen and oxygen atoms in total. The molecule has 2 aromatic rings. The number of benzene rings is 1. The lowest BCUT2D eigenvalue weighted by Crippen LogP contribution is -2.27. The van der Waals surface area contributed by atoms with Crippen molar-refractivity contribution < 1.29 is 8.42 Å². The zero-order valence-electron chi connectivity index (χ0n) is 11.4. The smallest absolute Gasteiger partial charge is 0.246 e. The Balaban J connectivity index is 2.25. The number of nitrogens with one attached hydrogen (secondary N) is 1. The normalized spacial score (nSPS) is 13.3. The average molecular weight is 294 g/mol. The Kier molecular flexibility index (Phi) is 4.10. The molecule has 3 N–H and O–H groups in total. The summed E-state index contributed by atoms with van der Waals surface area (Å²) >= 11 is 0. The summed E-state index contributed by atoms with van der Waals surface area (Å²) in [7, 11) is -3.69. The van der Waals surface area contributed by atoms with Gasteiger partial charge in [0, 0.05) is 18.8 Å². The summed E-state index contributed by atoms with van der Waals surface area (Å²) in [5, 5.41) is 3.95. The third-order valence-corrected chi connectivity index (χ3v) is 4.56. The second-order valence-electron chi connectivity index (χ2n) is 4.49. The van der Waals surface area contributed by atoms with Crippen LogP contribution in [0.15, 0.2) is 41.4 Å². The van der Waals surface area contributed by atoms with Gasteiger partial charge in [-0.1, -0.05) is 30.3 Å². The molecule has 1 atom stereocenters. The van der Waals surface area contributed by atoms with Gasteiger partial charge < -0.3 is 5.73 Å². The highest BCUT2D eigenvalue weighted by molar-refractivity contribution is 7.89. The largest absolute Gasteiger partial charge is 0.381 e. The number of aryl methyl sites for hydroxylation is 1. The van der Waals surface area contributed by atoms with E-state index in [0.29, 0.717) is 6.54 Å². The first-order valence-corrected chi connectivity index (χ1v) is 7.82. The molecule has 0 saturated heterocycles. The molecular weight excluding hydrogens is 276 g/mol. The van der Waals surface area contributed by atoms with Crippen molar-refractivity contribution in [2.75, 3.05) is 5.73 Å². The molecule has 0 radical (unpaired) electrons. The summed E-state index contributed by atoms with van der Waals surface area (Å²) in [6.45, 7) is 4.21. The van der Waals surface area contributed by atoms with Crippen LogP contribution >= 0.6 is 0 Å². The van der Waals surface area contributed by atoms with Crippen LogP contribution in [0.3, 0.4) is 0 Å². The molecule has 0 bridgehead atoms. The molecule has 0 saturated carbocycles. The second-order valence-corrected chi connectivity index (χ2v) is 6.17. The van der Waals surface area contributed by atoms with E-state index in [2.05, 4.69) is 9.82 Å². The van der Waals surface area contributed by atoms with E-state index < -0.39 is 10.0 Å². The van der Waals surface area contributed by atoms with E-state index in [0.717, 1.165) is 5.56 Å². The zero-order chi connectivity index (χ0) is 14.8. The van der Waals surface area contributed by atoms with Crippen molar-refractivity contribution in [3.05, 3.63) is 42.1 Å². The van der Waals surface area contributed by atoms with E-state index in [1.165, 1.54) is 10.9 Å². The van der Waals surface area contributed by atoms with Gasteiger partial charge in [-0.05, 0) is 19.4 Å². The van der Waals surface area contributed by atoms with Crippen molar-refractivity contribution in [3.63, 3.8) is 0 Å². The molecule has 0 aliphatic rings. The van der Waals surface area contributed by atoms with Gasteiger partial charge in [0.05, 0.1) is 0 Å². The third-order valence-electron chi connectivity index (χ3n) is 3.00. The van der Waals surface area contributed by atoms with Crippen molar-refractivity contribution in [2.45, 2.75) is 31.3 Å². The highest BCUT2D eigenvalue weighted by Crippen LogP contribution is 2.20. The summed E-state index contributed by atoms with van der Waals surface area (Å²) in [4.78, 5) is 0.0159. The van der Waals surface area contributed by atoms with Crippen LogP contribution in [-0.4, -0.2) is 18.2 Å². The Bertz CT molecular complexity index is 680. The van der Waals surface area contributed by atoms with Crippen LogP contribution in [0.25, 0.3) is 0 Å². The zero-order valence-corrected chi connectivity index (χ0v) is 12.3. The van der Waals surface area contributed by atoms with Gasteiger partial charge in [-0.2, -0.15) is 5.10 Å². The molecule has 1 aromatic heterocycles. The van der Waals surface area contributed by atoms with Crippen molar-refractivity contribution in [1.82, 2.24) is 14.5 Å². The lowest BCUT2D eigenvalue weighted by atomic mass is 10.1. The monoisotopic (exact) mass is 294 g/mol. The topological polar surface area (TPSA) is 90.0 Å². The second kappa shape index (κ2) is 5.64. The molecule has 1 aromatic carbocycles. The molecule has 0 unspecified atom stereocenters. The van der Waals surface area contributed by atoms with Crippen molar-refractivity contribution >= 4 is 15.8 Å². The van der Waals surface area contributed by atoms with Gasteiger partial charge in [0.15, 0.2) is 5.82 Å². The number of nitrogen functional groups attached to an aromatic ring is 1. The van der Waals surface area contributed by atoms with Crippen LogP contribution in [0.4, 0.5) is 5.82 Å². The number of sulfonamides is 1. The first kappa shape index (κ1) is 14.5. The SMILES string of the molecule is CCn1cc(S(=O)(=O)N[C@H](C)c2ccccc2)c(N)n1. The molecule has 0 fully saturated rings. The van der Waals surface area contributed by atoms with Gasteiger partial charge in [-0.25, -0.2) is 13.1 Å². The molecule has 0 spiro atoms. The van der Waals surface area contributed by atoms with Crippen LogP contribution in [0.1, 0.15) is 25.5 Å². The summed E-state index contributed by atoms with van der Waals surface area (Å²) in [5.74, 6) is 0.0135. The number of aromatic nitrogens is 2. The first-order chi connectivity index (χ1) is 9.44. The van der Waals surface area contributed by atoms with Crippen LogP contribution in [0.5, 0.6) is 0 Å². The number of hydrogen-bond acceptors (Lipinski definition) is 4. The van der Waals surface area contributed by atoms with Gasteiger partial charge in [-0.3, -0.25) is 4.68 Å². The summed E-state index contributed by atoms with van der Waals surface area (Å²) in [6, 6.07) is 9.00. The maximum atomic E-state index is 12.3. The maximum absolute atomic E-state index is 12.3. The number of anilines is 1. The molecule has 0 amide bonds. The van der Waals surface area contributed by atoms with E-state index in [-0.39, 0.29) is 16.8 Å². The van der Waals surface area contributed by atoms with E-state index in [1.54, 1.807) is 6.92 Å². The molecule has 20 heavy (non-hydrogen) atoms. The number of rotatable bonds is 5. The Hall–Kier alpha value is -1.86. The van der Waals surface area contributed by atoms with Gasteiger partial charge in [0.1, 0.15) is 4.90 Å². The Morgan fingerprint density at radius 2 is 2.00 bits per heavy atom. The summed E-state index contributed by atoms with van der Waals surface area (Å²) in [5.41, 5.74) is 6.55. The van der Waals surface area contributed by atoms with Gasteiger partial charge >= 0.3 is 0 Å². The molecule has 1 heterocycles. The minimum absolute atomic E-state index is 0.0135. The fraction of sp³-hybridized carbons (Fsp3) is 0.308. The van der Waals surface area contributed by atoms with E-state index in [9.17, 15) is 8.42 Å². The van der Waals surface area contributed by atoms with Gasteiger partial charge in [0.25, 0.3) is 0 Å². The van der Waals surface area contributed by atoms with Crippen molar-refractivity contribution in [2.24, 2.45) is 0 Å². The van der Waals surface area contributed by atoms with E-state index in [1.807, 2.05) is 37.3 Å². The Labute approximate surface area is 118 Å². The highest BCUT2D eigenvalue weighted by atomic mass is 32.2. The van der Waals surface area contributed by atoms with Crippen LogP contribution in [0, 0.1) is 0 Å². The highest BCUT2D eigenvalue weighted by Gasteiger charge is 2.23. The molecule has 7 heteroatoms. The van der Waals surface area contributed by atoms with E-state index in [4.69, 9.17) is 5.73 Å². The van der Waals surface area contributed by atoms with Gasteiger partial charge in [-0.15, -0.1) is 0 Å². The lowest BCUT2D eigenvalue weighted by molar-refractivity contribution is 0.567. The first-order valence-electron chi connectivity index (χ1n) is 6.34. The Morgan fingerprint density at radius 1 is 1.35 bits per heavy atom. The van der Waals surface area contributed by atoms with Crippen LogP contribution < -0.4 is 10.5 Å². The van der Waals surface area contributed by atoms with E-state index >= 15 is 0 Å². The number of nitrogens with zero attached hydrogens (tertiary/aromatic N) is 2. The maximum Gasteiger partial charge on any atom is 0.246 e. The predicted molar refractivity (Wildman–Crippen MR) is 77.5 cm³/mol. The van der Waals surface area contributed by atoms with Crippen LogP contribution in [-0.2, 0) is 16.6 Å². The lowest BCUT2D eigenvalue weighted by Gasteiger charge is -2.13. The minimum atomic E-state index is -3.69. The summed E-state index contributed by atoms with van der Waals surface area (Å²) in [6.07, 6.45) is 1.44. The fourth-order valence-corrected chi connectivity index (χ4v) is 3.20. The third kappa shape index (κ3) is 3.00. The quantitative estimate of drug-likeness (QED) is 0.875. The molecule has 0 aliphatic heterocycles. The Morgan fingerprint density at radius 3 is 2.55 bits per heavy atom. The molecular formula is C13H18N4O2S. The van der Waals surface area contributed by atoms with Crippen LogP contribution in [0.2, 0.25) is 0 Å². The standard InChI is InChI=1S/C13H18N4O2S/c1-3-17-9-12(13(14)15-17)20(18,19)16-10(2)11-7-5-4-6-8-11/h4-10,16H,3H2,1-2H3,(H2,14,15)/t10-/m1/s1. The number of nitrogens with two attached hydrogens (primary N) is 1. The van der Waals surface area contributed by atoms with Gasteiger partial charge in [0.2, 0.25) is 10.0 Å². The van der Waals surface area contributed by atoms with Crippen molar-refractivity contribution in [1.29, 1.82) is 0 Å². The number of hydrogen-bond donors (Lipinski definition) is 2. The average Bonchev–Trinajstić information content (AvgIpc) is 2.81. The minimum Gasteiger partial charge on any atom is -0.381 e. The van der Waals surface area contributed by atoms with Crippen molar-refractivity contribution in [3.8, 4) is 0 Å². The predicted octanol–water partition coefficient (Wildman–Crippen LogP) is 1.52. The molecule has 2 rings (SSSR count).